The van der Waals surface area contributed by atoms with Crippen LogP contribution in [0.4, 0.5) is 13.2 Å². The maximum atomic E-state index is 12.7. The fourth-order valence-electron chi connectivity index (χ4n) is 2.63. The Kier molecular flexibility index (Phi) is 5.25. The van der Waals surface area contributed by atoms with Gasteiger partial charge in [-0.1, -0.05) is 0 Å². The standard InChI is InChI=1S/C19H19F3N2O3/c1-12(2)26-15-5-3-13(4-6-15)18(25)24-10-16(11-24)27-17-9-14(7-8-23-17)19(20,21)22/h3-9,12,16H,10-11H2,1-2H3. The summed E-state index contributed by atoms with van der Waals surface area (Å²) in [5.41, 5.74) is -0.301. The summed E-state index contributed by atoms with van der Waals surface area (Å²) in [5, 5.41) is 0. The number of benzene rings is 1. The first-order valence-electron chi connectivity index (χ1n) is 8.48. The summed E-state index contributed by atoms with van der Waals surface area (Å²) in [6, 6.07) is 8.57. The number of carbonyl (C=O) groups is 1. The summed E-state index contributed by atoms with van der Waals surface area (Å²) >= 11 is 0. The molecule has 144 valence electrons. The zero-order valence-electron chi connectivity index (χ0n) is 14.9. The van der Waals surface area contributed by atoms with Crippen LogP contribution < -0.4 is 9.47 Å². The number of hydrogen-bond acceptors (Lipinski definition) is 4. The molecule has 0 atom stereocenters. The quantitative estimate of drug-likeness (QED) is 0.792. The van der Waals surface area contributed by atoms with Gasteiger partial charge in [0.1, 0.15) is 11.9 Å². The van der Waals surface area contributed by atoms with Crippen LogP contribution in [-0.4, -0.2) is 41.1 Å². The van der Waals surface area contributed by atoms with Crippen LogP contribution in [0.1, 0.15) is 29.8 Å². The molecule has 1 saturated heterocycles. The number of alkyl halides is 3. The first-order chi connectivity index (χ1) is 12.7. The van der Waals surface area contributed by atoms with E-state index < -0.39 is 11.7 Å². The van der Waals surface area contributed by atoms with Gasteiger partial charge in [0, 0.05) is 17.8 Å². The average molecular weight is 380 g/mol. The number of amides is 1. The van der Waals surface area contributed by atoms with Gasteiger partial charge in [-0.15, -0.1) is 0 Å². The highest BCUT2D eigenvalue weighted by Crippen LogP contribution is 2.31. The highest BCUT2D eigenvalue weighted by molar-refractivity contribution is 5.94. The normalized spacial score (nSPS) is 14.8. The summed E-state index contributed by atoms with van der Waals surface area (Å²) < 4.78 is 49.1. The lowest BCUT2D eigenvalue weighted by atomic mass is 10.1. The van der Waals surface area contributed by atoms with E-state index in [-0.39, 0.29) is 24.0 Å². The second kappa shape index (κ2) is 7.46. The zero-order chi connectivity index (χ0) is 19.6. The van der Waals surface area contributed by atoms with Crippen molar-refractivity contribution in [2.45, 2.75) is 32.2 Å². The van der Waals surface area contributed by atoms with Gasteiger partial charge >= 0.3 is 6.18 Å². The van der Waals surface area contributed by atoms with Gasteiger partial charge in [0.15, 0.2) is 0 Å². The van der Waals surface area contributed by atoms with Crippen molar-refractivity contribution >= 4 is 5.91 Å². The topological polar surface area (TPSA) is 51.7 Å². The van der Waals surface area contributed by atoms with Crippen LogP contribution in [-0.2, 0) is 6.18 Å². The van der Waals surface area contributed by atoms with Gasteiger partial charge in [-0.25, -0.2) is 4.98 Å². The van der Waals surface area contributed by atoms with Gasteiger partial charge in [0.25, 0.3) is 5.91 Å². The lowest BCUT2D eigenvalue weighted by Gasteiger charge is -2.38. The number of likely N-dealkylation sites (tertiary alicyclic amines) is 1. The highest BCUT2D eigenvalue weighted by Gasteiger charge is 2.34. The third-order valence-corrected chi connectivity index (χ3v) is 3.96. The Bertz CT molecular complexity index is 801. The molecule has 0 unspecified atom stereocenters. The molecule has 1 aliphatic heterocycles. The number of hydrogen-bond donors (Lipinski definition) is 0. The van der Waals surface area contributed by atoms with E-state index >= 15 is 0 Å². The Labute approximate surface area is 154 Å². The van der Waals surface area contributed by atoms with Crippen LogP contribution in [0.15, 0.2) is 42.6 Å². The molecule has 0 aliphatic carbocycles. The van der Waals surface area contributed by atoms with Gasteiger partial charge in [-0.2, -0.15) is 13.2 Å². The lowest BCUT2D eigenvalue weighted by Crippen LogP contribution is -2.56. The molecule has 0 saturated carbocycles. The molecule has 1 aliphatic rings. The molecular weight excluding hydrogens is 361 g/mol. The molecule has 0 spiro atoms. The number of rotatable bonds is 5. The van der Waals surface area contributed by atoms with Crippen LogP contribution in [0.3, 0.4) is 0 Å². The molecule has 1 aromatic carbocycles. The smallest absolute Gasteiger partial charge is 0.416 e. The van der Waals surface area contributed by atoms with Gasteiger partial charge in [0.2, 0.25) is 5.88 Å². The Morgan fingerprint density at radius 3 is 2.44 bits per heavy atom. The maximum absolute atomic E-state index is 12.7. The molecule has 1 amide bonds. The predicted molar refractivity (Wildman–Crippen MR) is 91.8 cm³/mol. The maximum Gasteiger partial charge on any atom is 0.416 e. The van der Waals surface area contributed by atoms with Crippen LogP contribution in [0, 0.1) is 0 Å². The summed E-state index contributed by atoms with van der Waals surface area (Å²) in [5.74, 6) is 0.419. The van der Waals surface area contributed by atoms with E-state index in [0.29, 0.717) is 24.4 Å². The van der Waals surface area contributed by atoms with Crippen molar-refractivity contribution in [3.05, 3.63) is 53.7 Å². The predicted octanol–water partition coefficient (Wildman–Crippen LogP) is 3.79. The van der Waals surface area contributed by atoms with E-state index in [4.69, 9.17) is 9.47 Å². The second-order valence-electron chi connectivity index (χ2n) is 6.52. The van der Waals surface area contributed by atoms with Crippen molar-refractivity contribution < 1.29 is 27.4 Å². The molecule has 0 radical (unpaired) electrons. The fourth-order valence-corrected chi connectivity index (χ4v) is 2.63. The number of aromatic nitrogens is 1. The van der Waals surface area contributed by atoms with Gasteiger partial charge in [0.05, 0.1) is 24.8 Å². The number of ether oxygens (including phenoxy) is 2. The molecule has 27 heavy (non-hydrogen) atoms. The molecule has 2 heterocycles. The van der Waals surface area contributed by atoms with E-state index in [1.165, 1.54) is 0 Å². The molecular formula is C19H19F3N2O3. The molecule has 0 bridgehead atoms. The zero-order valence-corrected chi connectivity index (χ0v) is 14.9. The van der Waals surface area contributed by atoms with E-state index in [1.54, 1.807) is 29.2 Å². The first kappa shape index (κ1) is 19.0. The Morgan fingerprint density at radius 2 is 1.85 bits per heavy atom. The summed E-state index contributed by atoms with van der Waals surface area (Å²) in [4.78, 5) is 17.8. The van der Waals surface area contributed by atoms with Crippen LogP contribution >= 0.6 is 0 Å². The summed E-state index contributed by atoms with van der Waals surface area (Å²) in [6.07, 6.45) is -3.73. The van der Waals surface area contributed by atoms with Crippen LogP contribution in [0.2, 0.25) is 0 Å². The van der Waals surface area contributed by atoms with E-state index in [0.717, 1.165) is 18.3 Å². The largest absolute Gasteiger partial charge is 0.491 e. The Hall–Kier alpha value is -2.77. The third-order valence-electron chi connectivity index (χ3n) is 3.96. The van der Waals surface area contributed by atoms with Crippen molar-refractivity contribution in [2.75, 3.05) is 13.1 Å². The molecule has 3 rings (SSSR count). The first-order valence-corrected chi connectivity index (χ1v) is 8.48. The van der Waals surface area contributed by atoms with E-state index in [9.17, 15) is 18.0 Å². The SMILES string of the molecule is CC(C)Oc1ccc(C(=O)N2CC(Oc3cc(C(F)(F)F)ccn3)C2)cc1. The lowest BCUT2D eigenvalue weighted by molar-refractivity contribution is -0.137. The monoisotopic (exact) mass is 380 g/mol. The van der Waals surface area contributed by atoms with Crippen molar-refractivity contribution in [2.24, 2.45) is 0 Å². The van der Waals surface area contributed by atoms with Crippen molar-refractivity contribution in [1.29, 1.82) is 0 Å². The highest BCUT2D eigenvalue weighted by atomic mass is 19.4. The minimum atomic E-state index is -4.45. The number of carbonyl (C=O) groups excluding carboxylic acids is 1. The number of halogens is 3. The van der Waals surface area contributed by atoms with Gasteiger partial charge in [-0.05, 0) is 44.2 Å². The van der Waals surface area contributed by atoms with Crippen LogP contribution in [0.25, 0.3) is 0 Å². The van der Waals surface area contributed by atoms with Crippen molar-refractivity contribution in [3.8, 4) is 11.6 Å². The molecule has 1 aromatic heterocycles. The van der Waals surface area contributed by atoms with Gasteiger partial charge < -0.3 is 14.4 Å². The number of nitrogens with zero attached hydrogens (tertiary/aromatic N) is 2. The molecule has 8 heteroatoms. The minimum Gasteiger partial charge on any atom is -0.491 e. The fraction of sp³-hybridized carbons (Fsp3) is 0.368. The van der Waals surface area contributed by atoms with E-state index in [1.807, 2.05) is 13.8 Å². The molecule has 1 fully saturated rings. The molecule has 5 nitrogen and oxygen atoms in total. The van der Waals surface area contributed by atoms with Crippen LogP contribution in [0.5, 0.6) is 11.6 Å². The van der Waals surface area contributed by atoms with Crippen molar-refractivity contribution in [3.63, 3.8) is 0 Å². The molecule has 2 aromatic rings. The molecule has 0 N–H and O–H groups in total. The summed E-state index contributed by atoms with van der Waals surface area (Å²) in [6.45, 7) is 4.42. The third kappa shape index (κ3) is 4.69. The Balaban J connectivity index is 1.54. The minimum absolute atomic E-state index is 0.0456. The summed E-state index contributed by atoms with van der Waals surface area (Å²) in [7, 11) is 0. The Morgan fingerprint density at radius 1 is 1.19 bits per heavy atom. The van der Waals surface area contributed by atoms with Crippen molar-refractivity contribution in [1.82, 2.24) is 9.88 Å². The van der Waals surface area contributed by atoms with Gasteiger partial charge in [-0.3, -0.25) is 4.79 Å². The number of pyridine rings is 1. The second-order valence-corrected chi connectivity index (χ2v) is 6.52. The van der Waals surface area contributed by atoms with E-state index in [2.05, 4.69) is 4.98 Å². The average Bonchev–Trinajstić information content (AvgIpc) is 2.57.